The predicted molar refractivity (Wildman–Crippen MR) is 68.5 cm³/mol. The van der Waals surface area contributed by atoms with Crippen LogP contribution in [-0.4, -0.2) is 15.9 Å². The fraction of sp³-hybridized carbons (Fsp3) is 0. The molecule has 5 nitrogen and oxygen atoms in total. The lowest BCUT2D eigenvalue weighted by molar-refractivity contribution is 0.102. The monoisotopic (exact) mass is 292 g/mol. The van der Waals surface area contributed by atoms with Crippen LogP contribution in [0.5, 0.6) is 0 Å². The van der Waals surface area contributed by atoms with Crippen molar-refractivity contribution < 1.29 is 4.79 Å². The van der Waals surface area contributed by atoms with Gasteiger partial charge < -0.3 is 11.1 Å². The Morgan fingerprint density at radius 2 is 2.18 bits per heavy atom. The highest BCUT2D eigenvalue weighted by atomic mass is 79.9. The maximum absolute atomic E-state index is 11.9. The molecule has 2 aromatic rings. The lowest BCUT2D eigenvalue weighted by Gasteiger charge is -2.07. The number of hydrogen-bond donors (Lipinski definition) is 2. The summed E-state index contributed by atoms with van der Waals surface area (Å²) in [7, 11) is 0. The number of aromatic nitrogens is 2. The van der Waals surface area contributed by atoms with Gasteiger partial charge in [0.15, 0.2) is 0 Å². The van der Waals surface area contributed by atoms with Gasteiger partial charge in [-0.2, -0.15) is 0 Å². The molecule has 0 atom stereocenters. The number of carbonyl (C=O) groups is 1. The summed E-state index contributed by atoms with van der Waals surface area (Å²) in [5.74, 6) is -0.0994. The van der Waals surface area contributed by atoms with E-state index >= 15 is 0 Å². The summed E-state index contributed by atoms with van der Waals surface area (Å²) in [5.41, 5.74) is 6.59. The van der Waals surface area contributed by atoms with Crippen LogP contribution < -0.4 is 11.1 Å². The van der Waals surface area contributed by atoms with E-state index in [4.69, 9.17) is 5.73 Å². The Morgan fingerprint density at radius 3 is 2.88 bits per heavy atom. The van der Waals surface area contributed by atoms with Gasteiger partial charge in [-0.05, 0) is 34.1 Å². The molecule has 1 amide bonds. The number of pyridine rings is 2. The molecule has 0 spiro atoms. The molecule has 0 radical (unpaired) electrons. The highest BCUT2D eigenvalue weighted by molar-refractivity contribution is 9.10. The lowest BCUT2D eigenvalue weighted by Crippen LogP contribution is -2.15. The minimum Gasteiger partial charge on any atom is -0.383 e. The number of nitrogens with one attached hydrogen (secondary N) is 1. The van der Waals surface area contributed by atoms with E-state index in [9.17, 15) is 4.79 Å². The van der Waals surface area contributed by atoms with Gasteiger partial charge in [0.2, 0.25) is 0 Å². The second kappa shape index (κ2) is 4.92. The molecule has 6 heteroatoms. The van der Waals surface area contributed by atoms with Crippen LogP contribution >= 0.6 is 15.9 Å². The zero-order valence-corrected chi connectivity index (χ0v) is 10.3. The van der Waals surface area contributed by atoms with Gasteiger partial charge in [-0.15, -0.1) is 0 Å². The van der Waals surface area contributed by atoms with Crippen LogP contribution in [0.15, 0.2) is 41.3 Å². The van der Waals surface area contributed by atoms with Crippen LogP contribution in [0.25, 0.3) is 0 Å². The zero-order valence-electron chi connectivity index (χ0n) is 8.72. The first-order valence-corrected chi connectivity index (χ1v) is 5.59. The molecule has 0 aliphatic carbocycles. The topological polar surface area (TPSA) is 80.9 Å². The molecule has 0 aliphatic heterocycles. The summed E-state index contributed by atoms with van der Waals surface area (Å²) in [5, 5.41) is 2.72. The average Bonchev–Trinajstić information content (AvgIpc) is 2.32. The van der Waals surface area contributed by atoms with Gasteiger partial charge >= 0.3 is 0 Å². The summed E-state index contributed by atoms with van der Waals surface area (Å²) >= 11 is 3.29. The molecule has 2 aromatic heterocycles. The molecule has 2 rings (SSSR count). The van der Waals surface area contributed by atoms with Crippen molar-refractivity contribution in [3.8, 4) is 0 Å². The van der Waals surface area contributed by atoms with Crippen molar-refractivity contribution in [3.05, 3.63) is 46.8 Å². The number of nitrogens with zero attached hydrogens (tertiary/aromatic N) is 2. The van der Waals surface area contributed by atoms with Gasteiger partial charge in [-0.25, -0.2) is 4.98 Å². The minimum atomic E-state index is -0.303. The molecule has 0 aromatic carbocycles. The number of halogens is 1. The number of nitrogen functional groups attached to an aromatic ring is 1. The number of amides is 1. The number of carbonyl (C=O) groups excluding carboxylic acids is 1. The van der Waals surface area contributed by atoms with E-state index in [1.807, 2.05) is 0 Å². The SMILES string of the molecule is Nc1ncccc1C(=O)Nc1ccncc1Br. The molecular formula is C11H9BrN4O. The predicted octanol–water partition coefficient (Wildman–Crippen LogP) is 2.07. The number of hydrogen-bond acceptors (Lipinski definition) is 4. The first-order valence-electron chi connectivity index (χ1n) is 4.80. The molecule has 17 heavy (non-hydrogen) atoms. The lowest BCUT2D eigenvalue weighted by atomic mass is 10.2. The molecule has 86 valence electrons. The van der Waals surface area contributed by atoms with E-state index in [0.717, 1.165) is 0 Å². The van der Waals surface area contributed by atoms with Crippen LogP contribution in [0.4, 0.5) is 11.5 Å². The van der Waals surface area contributed by atoms with E-state index in [1.54, 1.807) is 30.6 Å². The quantitative estimate of drug-likeness (QED) is 0.888. The second-order valence-electron chi connectivity index (χ2n) is 3.25. The smallest absolute Gasteiger partial charge is 0.259 e. The number of anilines is 2. The Bertz CT molecular complexity index is 559. The molecule has 0 unspecified atom stereocenters. The maximum Gasteiger partial charge on any atom is 0.259 e. The standard InChI is InChI=1S/C11H9BrN4O/c12-8-6-14-5-3-9(8)16-11(17)7-2-1-4-15-10(7)13/h1-6H,(H2,13,15)(H,14,16,17). The Labute approximate surface area is 106 Å². The number of rotatable bonds is 2. The van der Waals surface area contributed by atoms with Crippen LogP contribution in [0, 0.1) is 0 Å². The van der Waals surface area contributed by atoms with Crippen molar-refractivity contribution in [2.24, 2.45) is 0 Å². The molecule has 0 saturated heterocycles. The summed E-state index contributed by atoms with van der Waals surface area (Å²) in [6.45, 7) is 0. The van der Waals surface area contributed by atoms with Crippen molar-refractivity contribution in [3.63, 3.8) is 0 Å². The fourth-order valence-corrected chi connectivity index (χ4v) is 1.63. The third kappa shape index (κ3) is 2.59. The van der Waals surface area contributed by atoms with Gasteiger partial charge in [0.05, 0.1) is 15.7 Å². The van der Waals surface area contributed by atoms with Crippen molar-refractivity contribution in [1.82, 2.24) is 9.97 Å². The first kappa shape index (κ1) is 11.5. The Balaban J connectivity index is 2.24. The van der Waals surface area contributed by atoms with Gasteiger partial charge in [0, 0.05) is 18.6 Å². The van der Waals surface area contributed by atoms with Crippen LogP contribution in [0.2, 0.25) is 0 Å². The molecule has 0 fully saturated rings. The maximum atomic E-state index is 11.9. The first-order chi connectivity index (χ1) is 8.18. The summed E-state index contributed by atoms with van der Waals surface area (Å²) in [6, 6.07) is 4.97. The van der Waals surface area contributed by atoms with E-state index in [-0.39, 0.29) is 11.7 Å². The summed E-state index contributed by atoms with van der Waals surface area (Å²) in [6.07, 6.45) is 4.73. The Kier molecular flexibility index (Phi) is 3.34. The fourth-order valence-electron chi connectivity index (χ4n) is 1.28. The molecule has 0 bridgehead atoms. The minimum absolute atomic E-state index is 0.204. The number of nitrogens with two attached hydrogens (primary N) is 1. The highest BCUT2D eigenvalue weighted by Gasteiger charge is 2.11. The van der Waals surface area contributed by atoms with Crippen LogP contribution in [0.1, 0.15) is 10.4 Å². The van der Waals surface area contributed by atoms with Gasteiger partial charge in [0.25, 0.3) is 5.91 Å². The molecule has 3 N–H and O–H groups in total. The van der Waals surface area contributed by atoms with Gasteiger partial charge in [-0.3, -0.25) is 9.78 Å². The highest BCUT2D eigenvalue weighted by Crippen LogP contribution is 2.21. The zero-order chi connectivity index (χ0) is 12.3. The van der Waals surface area contributed by atoms with Crippen molar-refractivity contribution in [2.45, 2.75) is 0 Å². The molecular weight excluding hydrogens is 284 g/mol. The van der Waals surface area contributed by atoms with Gasteiger partial charge in [-0.1, -0.05) is 0 Å². The third-order valence-corrected chi connectivity index (χ3v) is 2.74. The summed E-state index contributed by atoms with van der Waals surface area (Å²) < 4.78 is 0.704. The van der Waals surface area contributed by atoms with Crippen molar-refractivity contribution >= 4 is 33.3 Å². The molecule has 2 heterocycles. The van der Waals surface area contributed by atoms with E-state index in [1.165, 1.54) is 6.20 Å². The Hall–Kier alpha value is -1.95. The van der Waals surface area contributed by atoms with Crippen molar-refractivity contribution in [2.75, 3.05) is 11.1 Å². The van der Waals surface area contributed by atoms with E-state index in [0.29, 0.717) is 15.7 Å². The molecule has 0 aliphatic rings. The van der Waals surface area contributed by atoms with E-state index < -0.39 is 0 Å². The van der Waals surface area contributed by atoms with Crippen LogP contribution in [-0.2, 0) is 0 Å². The van der Waals surface area contributed by atoms with Crippen molar-refractivity contribution in [1.29, 1.82) is 0 Å². The molecule has 0 saturated carbocycles. The second-order valence-corrected chi connectivity index (χ2v) is 4.10. The Morgan fingerprint density at radius 1 is 1.35 bits per heavy atom. The largest absolute Gasteiger partial charge is 0.383 e. The van der Waals surface area contributed by atoms with Crippen LogP contribution in [0.3, 0.4) is 0 Å². The van der Waals surface area contributed by atoms with Gasteiger partial charge in [0.1, 0.15) is 5.82 Å². The third-order valence-electron chi connectivity index (χ3n) is 2.10. The van der Waals surface area contributed by atoms with E-state index in [2.05, 4.69) is 31.2 Å². The summed E-state index contributed by atoms with van der Waals surface area (Å²) in [4.78, 5) is 19.7. The normalized spacial score (nSPS) is 9.94. The average molecular weight is 293 g/mol.